The number of fused-ring (bicyclic) bond motifs is 3. The minimum absolute atomic E-state index is 0.0760. The maximum absolute atomic E-state index is 12.8. The van der Waals surface area contributed by atoms with Gasteiger partial charge in [0.1, 0.15) is 11.5 Å². The molecular weight excluding hydrogens is 410 g/mol. The van der Waals surface area contributed by atoms with Gasteiger partial charge in [-0.25, -0.2) is 0 Å². The van der Waals surface area contributed by atoms with Gasteiger partial charge in [-0.2, -0.15) is 0 Å². The van der Waals surface area contributed by atoms with Crippen molar-refractivity contribution in [1.82, 2.24) is 9.80 Å². The molecule has 0 atom stereocenters. The van der Waals surface area contributed by atoms with Gasteiger partial charge in [0, 0.05) is 37.0 Å². The van der Waals surface area contributed by atoms with Crippen LogP contribution < -0.4 is 4.90 Å². The predicted octanol–water partition coefficient (Wildman–Crippen LogP) is 2.97. The van der Waals surface area contributed by atoms with Gasteiger partial charge in [0.25, 0.3) is 5.91 Å². The normalized spacial score (nSPS) is 16.6. The van der Waals surface area contributed by atoms with Crippen LogP contribution in [-0.2, 0) is 29.0 Å². The van der Waals surface area contributed by atoms with Crippen molar-refractivity contribution in [3.8, 4) is 0 Å². The van der Waals surface area contributed by atoms with E-state index in [1.54, 1.807) is 19.0 Å². The highest BCUT2D eigenvalue weighted by molar-refractivity contribution is 7.17. The Balaban J connectivity index is 1.52. The van der Waals surface area contributed by atoms with Gasteiger partial charge in [-0.05, 0) is 30.0 Å². The fourth-order valence-corrected chi connectivity index (χ4v) is 5.41. The second kappa shape index (κ2) is 7.80. The summed E-state index contributed by atoms with van der Waals surface area (Å²) in [6.45, 7) is 1.14. The SMILES string of the molecule is CN1CC(=O)N(C)c2sc3c(c2C1=O)CCN(C(=O)CCc1ccccc1Cl)C3. The number of thiophene rings is 1. The Morgan fingerprint density at radius 3 is 2.69 bits per heavy atom. The third kappa shape index (κ3) is 3.65. The lowest BCUT2D eigenvalue weighted by Gasteiger charge is -2.27. The zero-order valence-electron chi connectivity index (χ0n) is 16.4. The van der Waals surface area contributed by atoms with Gasteiger partial charge >= 0.3 is 0 Å². The van der Waals surface area contributed by atoms with E-state index >= 15 is 0 Å². The number of amides is 3. The number of hydrogen-bond acceptors (Lipinski definition) is 4. The minimum atomic E-state index is -0.117. The number of benzene rings is 1. The summed E-state index contributed by atoms with van der Waals surface area (Å²) in [6, 6.07) is 7.57. The smallest absolute Gasteiger partial charge is 0.257 e. The molecule has 8 heteroatoms. The molecule has 6 nitrogen and oxygen atoms in total. The van der Waals surface area contributed by atoms with E-state index in [-0.39, 0.29) is 24.3 Å². The number of rotatable bonds is 3. The Labute approximate surface area is 178 Å². The Morgan fingerprint density at radius 1 is 1.17 bits per heavy atom. The van der Waals surface area contributed by atoms with Gasteiger partial charge in [0.2, 0.25) is 11.8 Å². The number of carbonyl (C=O) groups is 3. The summed E-state index contributed by atoms with van der Waals surface area (Å²) in [5, 5.41) is 1.37. The summed E-state index contributed by atoms with van der Waals surface area (Å²) in [6.07, 6.45) is 1.62. The molecule has 3 amide bonds. The number of nitrogens with zero attached hydrogens (tertiary/aromatic N) is 3. The molecule has 2 aromatic rings. The fraction of sp³-hybridized carbons (Fsp3) is 0.381. The van der Waals surface area contributed by atoms with Gasteiger partial charge in [-0.15, -0.1) is 11.3 Å². The quantitative estimate of drug-likeness (QED) is 0.750. The fourth-order valence-electron chi connectivity index (χ4n) is 3.84. The number of carbonyl (C=O) groups excluding carboxylic acids is 3. The summed E-state index contributed by atoms with van der Waals surface area (Å²) in [4.78, 5) is 43.8. The van der Waals surface area contributed by atoms with Crippen LogP contribution in [0, 0.1) is 0 Å². The monoisotopic (exact) mass is 431 g/mol. The van der Waals surface area contributed by atoms with Crippen molar-refractivity contribution in [2.75, 3.05) is 32.1 Å². The largest absolute Gasteiger partial charge is 0.337 e. The molecule has 0 fully saturated rings. The van der Waals surface area contributed by atoms with Crippen LogP contribution in [-0.4, -0.2) is 54.7 Å². The molecule has 0 saturated carbocycles. The highest BCUT2D eigenvalue weighted by Gasteiger charge is 2.36. The molecule has 0 spiro atoms. The first-order chi connectivity index (χ1) is 13.9. The Hall–Kier alpha value is -2.38. The Morgan fingerprint density at radius 2 is 1.93 bits per heavy atom. The van der Waals surface area contributed by atoms with E-state index in [1.165, 1.54) is 16.2 Å². The first-order valence-electron chi connectivity index (χ1n) is 9.54. The van der Waals surface area contributed by atoms with E-state index < -0.39 is 0 Å². The Kier molecular flexibility index (Phi) is 5.36. The molecule has 0 radical (unpaired) electrons. The molecule has 0 saturated heterocycles. The van der Waals surface area contributed by atoms with Crippen LogP contribution in [0.1, 0.15) is 32.8 Å². The molecule has 2 aliphatic heterocycles. The van der Waals surface area contributed by atoms with Crippen LogP contribution in [0.5, 0.6) is 0 Å². The van der Waals surface area contributed by atoms with Crippen molar-refractivity contribution in [3.63, 3.8) is 0 Å². The van der Waals surface area contributed by atoms with Gasteiger partial charge in [0.05, 0.1) is 12.1 Å². The van der Waals surface area contributed by atoms with E-state index in [0.717, 1.165) is 16.0 Å². The first-order valence-corrected chi connectivity index (χ1v) is 10.7. The first kappa shape index (κ1) is 19.9. The second-order valence-electron chi connectivity index (χ2n) is 7.45. The predicted molar refractivity (Wildman–Crippen MR) is 114 cm³/mol. The summed E-state index contributed by atoms with van der Waals surface area (Å²) in [5.41, 5.74) is 2.58. The van der Waals surface area contributed by atoms with Crippen LogP contribution in [0.15, 0.2) is 24.3 Å². The van der Waals surface area contributed by atoms with E-state index in [2.05, 4.69) is 0 Å². The van der Waals surface area contributed by atoms with Crippen molar-refractivity contribution in [1.29, 1.82) is 0 Å². The number of likely N-dealkylation sites (N-methyl/N-ethyl adjacent to an activating group) is 2. The van der Waals surface area contributed by atoms with Crippen LogP contribution in [0.4, 0.5) is 5.00 Å². The highest BCUT2D eigenvalue weighted by atomic mass is 35.5. The van der Waals surface area contributed by atoms with Crippen LogP contribution in [0.25, 0.3) is 0 Å². The summed E-state index contributed by atoms with van der Waals surface area (Å²) in [5.74, 6) is -0.147. The van der Waals surface area contributed by atoms with Gasteiger partial charge in [-0.3, -0.25) is 14.4 Å². The van der Waals surface area contributed by atoms with E-state index in [0.29, 0.717) is 47.9 Å². The molecule has 4 rings (SSSR count). The lowest BCUT2D eigenvalue weighted by molar-refractivity contribution is -0.132. The van der Waals surface area contributed by atoms with E-state index in [1.807, 2.05) is 29.2 Å². The molecule has 0 unspecified atom stereocenters. The zero-order chi connectivity index (χ0) is 20.7. The van der Waals surface area contributed by atoms with E-state index in [9.17, 15) is 14.4 Å². The van der Waals surface area contributed by atoms with Crippen molar-refractivity contribution in [2.45, 2.75) is 25.8 Å². The van der Waals surface area contributed by atoms with Gasteiger partial charge < -0.3 is 14.7 Å². The molecular formula is C21H22ClN3O3S. The Bertz CT molecular complexity index is 1000. The number of anilines is 1. The lowest BCUT2D eigenvalue weighted by Crippen LogP contribution is -2.37. The van der Waals surface area contributed by atoms with Crippen molar-refractivity contribution in [2.24, 2.45) is 0 Å². The van der Waals surface area contributed by atoms with Crippen molar-refractivity contribution in [3.05, 3.63) is 50.9 Å². The van der Waals surface area contributed by atoms with Crippen LogP contribution >= 0.6 is 22.9 Å². The molecule has 29 heavy (non-hydrogen) atoms. The molecule has 0 aliphatic carbocycles. The van der Waals surface area contributed by atoms with E-state index in [4.69, 9.17) is 11.6 Å². The average Bonchev–Trinajstić information content (AvgIpc) is 3.06. The third-order valence-electron chi connectivity index (χ3n) is 5.57. The van der Waals surface area contributed by atoms with Crippen LogP contribution in [0.2, 0.25) is 5.02 Å². The molecule has 0 bridgehead atoms. The molecule has 1 aromatic heterocycles. The summed E-state index contributed by atoms with van der Waals surface area (Å²) in [7, 11) is 3.36. The topological polar surface area (TPSA) is 60.9 Å². The summed E-state index contributed by atoms with van der Waals surface area (Å²) >= 11 is 7.64. The zero-order valence-corrected chi connectivity index (χ0v) is 18.0. The third-order valence-corrected chi connectivity index (χ3v) is 7.23. The van der Waals surface area contributed by atoms with Gasteiger partial charge in [0.15, 0.2) is 0 Å². The van der Waals surface area contributed by atoms with Crippen molar-refractivity contribution >= 4 is 45.7 Å². The standard InChI is InChI=1S/C21H22ClN3O3S/c1-23-12-18(27)24(2)21-19(20(23)28)14-9-10-25(11-16(14)29-21)17(26)8-7-13-5-3-4-6-15(13)22/h3-6H,7-12H2,1-2H3. The summed E-state index contributed by atoms with van der Waals surface area (Å²) < 4.78 is 0. The lowest BCUT2D eigenvalue weighted by atomic mass is 10.0. The maximum Gasteiger partial charge on any atom is 0.257 e. The molecule has 1 aromatic carbocycles. The molecule has 152 valence electrons. The second-order valence-corrected chi connectivity index (χ2v) is 8.95. The molecule has 3 heterocycles. The number of halogens is 1. The van der Waals surface area contributed by atoms with Crippen LogP contribution in [0.3, 0.4) is 0 Å². The highest BCUT2D eigenvalue weighted by Crippen LogP contribution is 2.40. The molecule has 2 aliphatic rings. The number of aryl methyl sites for hydroxylation is 1. The van der Waals surface area contributed by atoms with Gasteiger partial charge in [-0.1, -0.05) is 29.8 Å². The average molecular weight is 432 g/mol. The van der Waals surface area contributed by atoms with Crippen molar-refractivity contribution < 1.29 is 14.4 Å². The maximum atomic E-state index is 12.8. The minimum Gasteiger partial charge on any atom is -0.337 e. The molecule has 0 N–H and O–H groups in total. The number of hydrogen-bond donors (Lipinski definition) is 0.